The first-order valence-corrected chi connectivity index (χ1v) is 6.49. The van der Waals surface area contributed by atoms with Gasteiger partial charge in [-0.3, -0.25) is 0 Å². The third-order valence-electron chi connectivity index (χ3n) is 3.68. The Kier molecular flexibility index (Phi) is 3.64. The maximum atomic E-state index is 13.6. The SMILES string of the molecule is CCOc1cc(N(C)C(C)C2CC2)c(N)cc1F. The lowest BCUT2D eigenvalue weighted by Gasteiger charge is -2.28. The highest BCUT2D eigenvalue weighted by atomic mass is 19.1. The van der Waals surface area contributed by atoms with Crippen molar-refractivity contribution in [2.24, 2.45) is 5.92 Å². The Hall–Kier alpha value is -1.45. The number of rotatable bonds is 5. The van der Waals surface area contributed by atoms with Crippen LogP contribution in [0.3, 0.4) is 0 Å². The van der Waals surface area contributed by atoms with E-state index in [1.165, 1.54) is 18.9 Å². The van der Waals surface area contributed by atoms with Crippen LogP contribution in [0.4, 0.5) is 15.8 Å². The molecular weight excluding hydrogens is 231 g/mol. The number of hydrogen-bond donors (Lipinski definition) is 1. The molecule has 0 spiro atoms. The predicted octanol–water partition coefficient (Wildman–Crippen LogP) is 3.04. The van der Waals surface area contributed by atoms with Gasteiger partial charge in [0, 0.05) is 25.2 Å². The molecule has 0 aromatic heterocycles. The van der Waals surface area contributed by atoms with Gasteiger partial charge in [0.05, 0.1) is 18.0 Å². The molecule has 1 aromatic rings. The zero-order valence-electron chi connectivity index (χ0n) is 11.2. The molecule has 1 fully saturated rings. The average Bonchev–Trinajstić information content (AvgIpc) is 3.15. The van der Waals surface area contributed by atoms with Gasteiger partial charge in [0.2, 0.25) is 0 Å². The molecule has 0 saturated heterocycles. The molecule has 0 radical (unpaired) electrons. The zero-order valence-corrected chi connectivity index (χ0v) is 11.2. The van der Waals surface area contributed by atoms with Gasteiger partial charge in [-0.2, -0.15) is 0 Å². The van der Waals surface area contributed by atoms with Crippen LogP contribution in [-0.4, -0.2) is 19.7 Å². The Morgan fingerprint density at radius 1 is 1.50 bits per heavy atom. The summed E-state index contributed by atoms with van der Waals surface area (Å²) in [4.78, 5) is 2.12. The van der Waals surface area contributed by atoms with Crippen molar-refractivity contribution in [1.29, 1.82) is 0 Å². The van der Waals surface area contributed by atoms with Crippen LogP contribution in [-0.2, 0) is 0 Å². The molecule has 100 valence electrons. The molecule has 2 N–H and O–H groups in total. The smallest absolute Gasteiger partial charge is 0.167 e. The fourth-order valence-electron chi connectivity index (χ4n) is 2.24. The third kappa shape index (κ3) is 2.52. The summed E-state index contributed by atoms with van der Waals surface area (Å²) in [5, 5.41) is 0. The molecule has 3 nitrogen and oxygen atoms in total. The summed E-state index contributed by atoms with van der Waals surface area (Å²) in [6, 6.07) is 3.47. The Balaban J connectivity index is 2.27. The molecule has 1 atom stereocenters. The molecule has 1 aromatic carbocycles. The molecule has 1 saturated carbocycles. The van der Waals surface area contributed by atoms with Gasteiger partial charge in [-0.05, 0) is 32.6 Å². The first-order valence-electron chi connectivity index (χ1n) is 6.49. The maximum Gasteiger partial charge on any atom is 0.167 e. The van der Waals surface area contributed by atoms with Crippen molar-refractivity contribution in [3.8, 4) is 5.75 Å². The Morgan fingerprint density at radius 3 is 2.72 bits per heavy atom. The highest BCUT2D eigenvalue weighted by Crippen LogP contribution is 2.39. The van der Waals surface area contributed by atoms with Crippen molar-refractivity contribution >= 4 is 11.4 Å². The van der Waals surface area contributed by atoms with E-state index in [1.54, 1.807) is 6.07 Å². The number of benzene rings is 1. The largest absolute Gasteiger partial charge is 0.491 e. The second-order valence-electron chi connectivity index (χ2n) is 4.96. The van der Waals surface area contributed by atoms with Crippen LogP contribution in [0.2, 0.25) is 0 Å². The van der Waals surface area contributed by atoms with Gasteiger partial charge < -0.3 is 15.4 Å². The normalized spacial score (nSPS) is 16.4. The number of halogens is 1. The number of nitrogens with two attached hydrogens (primary N) is 1. The van der Waals surface area contributed by atoms with E-state index in [-0.39, 0.29) is 5.75 Å². The summed E-state index contributed by atoms with van der Waals surface area (Å²) in [6.07, 6.45) is 2.54. The molecule has 4 heteroatoms. The zero-order chi connectivity index (χ0) is 13.3. The van der Waals surface area contributed by atoms with Crippen molar-refractivity contribution < 1.29 is 9.13 Å². The van der Waals surface area contributed by atoms with Crippen LogP contribution in [0.5, 0.6) is 5.75 Å². The standard InChI is InChI=1S/C14H21FN2O/c1-4-18-14-8-13(12(16)7-11(14)15)17(3)9(2)10-5-6-10/h7-10H,4-6,16H2,1-3H3. The topological polar surface area (TPSA) is 38.5 Å². The van der Waals surface area contributed by atoms with Crippen molar-refractivity contribution in [3.05, 3.63) is 17.9 Å². The lowest BCUT2D eigenvalue weighted by atomic mass is 10.1. The number of nitrogen functional groups attached to an aromatic ring is 1. The van der Waals surface area contributed by atoms with Crippen LogP contribution >= 0.6 is 0 Å². The monoisotopic (exact) mass is 252 g/mol. The van der Waals surface area contributed by atoms with Gasteiger partial charge in [0.1, 0.15) is 0 Å². The summed E-state index contributed by atoms with van der Waals surface area (Å²) >= 11 is 0. The van der Waals surface area contributed by atoms with Crippen molar-refractivity contribution in [2.45, 2.75) is 32.7 Å². The molecule has 1 aliphatic rings. The maximum absolute atomic E-state index is 13.6. The summed E-state index contributed by atoms with van der Waals surface area (Å²) in [6.45, 7) is 4.47. The van der Waals surface area contributed by atoms with E-state index in [9.17, 15) is 4.39 Å². The highest BCUT2D eigenvalue weighted by Gasteiger charge is 2.31. The van der Waals surface area contributed by atoms with Gasteiger partial charge in [0.25, 0.3) is 0 Å². The van der Waals surface area contributed by atoms with E-state index in [0.717, 1.165) is 11.6 Å². The number of anilines is 2. The second-order valence-corrected chi connectivity index (χ2v) is 4.96. The third-order valence-corrected chi connectivity index (χ3v) is 3.68. The van der Waals surface area contributed by atoms with E-state index >= 15 is 0 Å². The van der Waals surface area contributed by atoms with Crippen LogP contribution < -0.4 is 15.4 Å². The molecule has 0 heterocycles. The number of hydrogen-bond acceptors (Lipinski definition) is 3. The Morgan fingerprint density at radius 2 is 2.17 bits per heavy atom. The Bertz CT molecular complexity index is 432. The molecule has 0 bridgehead atoms. The van der Waals surface area contributed by atoms with Crippen LogP contribution in [0.25, 0.3) is 0 Å². The molecule has 0 amide bonds. The van der Waals surface area contributed by atoms with Gasteiger partial charge in [0.15, 0.2) is 11.6 Å². The second kappa shape index (κ2) is 5.04. The lowest BCUT2D eigenvalue weighted by molar-refractivity contribution is 0.321. The van der Waals surface area contributed by atoms with E-state index < -0.39 is 5.82 Å². The minimum absolute atomic E-state index is 0.275. The summed E-state index contributed by atoms with van der Waals surface area (Å²) in [5.74, 6) is 0.608. The fourth-order valence-corrected chi connectivity index (χ4v) is 2.24. The minimum Gasteiger partial charge on any atom is -0.491 e. The summed E-state index contributed by atoms with van der Waals surface area (Å²) < 4.78 is 18.9. The quantitative estimate of drug-likeness (QED) is 0.819. The first kappa shape index (κ1) is 13.0. The lowest BCUT2D eigenvalue weighted by Crippen LogP contribution is -2.31. The summed E-state index contributed by atoms with van der Waals surface area (Å²) in [5.41, 5.74) is 7.22. The molecule has 18 heavy (non-hydrogen) atoms. The number of ether oxygens (including phenoxy) is 1. The molecule has 1 aliphatic carbocycles. The average molecular weight is 252 g/mol. The van der Waals surface area contributed by atoms with Gasteiger partial charge in [-0.15, -0.1) is 0 Å². The van der Waals surface area contributed by atoms with Gasteiger partial charge in [-0.1, -0.05) is 0 Å². The van der Waals surface area contributed by atoms with E-state index in [1.807, 2.05) is 14.0 Å². The fraction of sp³-hybridized carbons (Fsp3) is 0.571. The van der Waals surface area contributed by atoms with E-state index in [0.29, 0.717) is 18.3 Å². The minimum atomic E-state index is -0.398. The van der Waals surface area contributed by atoms with Crippen LogP contribution in [0.1, 0.15) is 26.7 Å². The van der Waals surface area contributed by atoms with Gasteiger partial charge in [-0.25, -0.2) is 4.39 Å². The molecule has 1 unspecified atom stereocenters. The summed E-state index contributed by atoms with van der Waals surface area (Å²) in [7, 11) is 2.00. The van der Waals surface area contributed by atoms with E-state index in [4.69, 9.17) is 10.5 Å². The first-order chi connectivity index (χ1) is 8.54. The van der Waals surface area contributed by atoms with Crippen LogP contribution in [0.15, 0.2) is 12.1 Å². The molecule has 2 rings (SSSR count). The van der Waals surface area contributed by atoms with Crippen LogP contribution in [0, 0.1) is 11.7 Å². The number of nitrogens with zero attached hydrogens (tertiary/aromatic N) is 1. The highest BCUT2D eigenvalue weighted by molar-refractivity contribution is 5.70. The van der Waals surface area contributed by atoms with Crippen molar-refractivity contribution in [3.63, 3.8) is 0 Å². The Labute approximate surface area is 108 Å². The predicted molar refractivity (Wildman–Crippen MR) is 72.6 cm³/mol. The van der Waals surface area contributed by atoms with Gasteiger partial charge >= 0.3 is 0 Å². The van der Waals surface area contributed by atoms with Crippen molar-refractivity contribution in [2.75, 3.05) is 24.3 Å². The molecule has 0 aliphatic heterocycles. The van der Waals surface area contributed by atoms with E-state index in [2.05, 4.69) is 11.8 Å². The molecular formula is C14H21FN2O. The van der Waals surface area contributed by atoms with Crippen molar-refractivity contribution in [1.82, 2.24) is 0 Å².